The van der Waals surface area contributed by atoms with Crippen molar-refractivity contribution in [3.63, 3.8) is 0 Å². The molecule has 0 aliphatic heterocycles. The van der Waals surface area contributed by atoms with Gasteiger partial charge in [0.05, 0.1) is 32.1 Å². The first-order valence-corrected chi connectivity index (χ1v) is 14.4. The third-order valence-electron chi connectivity index (χ3n) is 3.74. The van der Waals surface area contributed by atoms with Crippen molar-refractivity contribution < 1.29 is 28.5 Å². The molecule has 0 aliphatic carbocycles. The fraction of sp³-hybridized carbons (Fsp3) is 0.615. The minimum absolute atomic E-state index is 0.0797. The molecule has 2 rings (SSSR count). The second-order valence-corrected chi connectivity index (χ2v) is 10.9. The van der Waals surface area contributed by atoms with E-state index in [-0.39, 0.29) is 24.7 Å². The second-order valence-electron chi connectivity index (χ2n) is 10.1. The van der Waals surface area contributed by atoms with Gasteiger partial charge >= 0.3 is 12.2 Å². The maximum atomic E-state index is 11.4. The lowest BCUT2D eigenvalue weighted by Gasteiger charge is -2.19. The number of nitrogens with zero attached hydrogens (tertiary/aromatic N) is 8. The molecular weight excluding hydrogens is 580 g/mol. The van der Waals surface area contributed by atoms with E-state index < -0.39 is 23.4 Å². The molecule has 0 saturated heterocycles. The second kappa shape index (κ2) is 19.9. The summed E-state index contributed by atoms with van der Waals surface area (Å²) in [6.45, 7) is 24.9. The number of allylic oxidation sites excluding steroid dienone is 1. The van der Waals surface area contributed by atoms with Crippen molar-refractivity contribution in [3.8, 4) is 0 Å². The number of aromatic nitrogens is 8. The van der Waals surface area contributed by atoms with Crippen LogP contribution in [0.4, 0.5) is 9.59 Å². The van der Waals surface area contributed by atoms with E-state index in [2.05, 4.69) is 64.6 Å². The summed E-state index contributed by atoms with van der Waals surface area (Å²) in [5.41, 5.74) is -1.08. The van der Waals surface area contributed by atoms with Crippen LogP contribution in [0.1, 0.15) is 79.8 Å². The van der Waals surface area contributed by atoms with Crippen LogP contribution in [0.3, 0.4) is 0 Å². The van der Waals surface area contributed by atoms with Gasteiger partial charge in [-0.05, 0) is 68.6 Å². The molecule has 0 radical (unpaired) electrons. The summed E-state index contributed by atoms with van der Waals surface area (Å²) in [6.07, 6.45) is 0.760. The Hall–Kier alpha value is -4.15. The molecule has 0 spiro atoms. The zero-order valence-corrected chi connectivity index (χ0v) is 27.5. The summed E-state index contributed by atoms with van der Waals surface area (Å²) in [4.78, 5) is 22.7. The van der Waals surface area contributed by atoms with Crippen LogP contribution in [0, 0.1) is 0 Å². The topological polar surface area (TPSA) is 198 Å². The van der Waals surface area contributed by atoms with E-state index in [1.54, 1.807) is 41.5 Å². The van der Waals surface area contributed by atoms with E-state index in [9.17, 15) is 9.59 Å². The summed E-state index contributed by atoms with van der Waals surface area (Å²) in [5, 5.41) is 36.0. The van der Waals surface area contributed by atoms with Gasteiger partial charge in [-0.15, -0.1) is 40.8 Å². The highest BCUT2D eigenvalue weighted by Gasteiger charge is 2.17. The van der Waals surface area contributed by atoms with Gasteiger partial charge in [0, 0.05) is 0 Å². The molecular formula is C26H44N10O6S. The monoisotopic (exact) mass is 624 g/mol. The molecule has 2 heterocycles. The van der Waals surface area contributed by atoms with Gasteiger partial charge in [0.1, 0.15) is 11.2 Å². The molecule has 2 amide bonds. The van der Waals surface area contributed by atoms with Crippen molar-refractivity contribution in [2.75, 3.05) is 19.5 Å². The Morgan fingerprint density at radius 2 is 1.12 bits per heavy atom. The molecule has 0 saturated carbocycles. The van der Waals surface area contributed by atoms with Crippen molar-refractivity contribution in [1.82, 2.24) is 51.4 Å². The van der Waals surface area contributed by atoms with E-state index in [4.69, 9.17) is 18.9 Å². The van der Waals surface area contributed by atoms with Crippen molar-refractivity contribution >= 4 is 29.7 Å². The van der Waals surface area contributed by atoms with Gasteiger partial charge in [0.2, 0.25) is 11.0 Å². The van der Waals surface area contributed by atoms with Crippen LogP contribution in [0.15, 0.2) is 24.1 Å². The Bertz CT molecular complexity index is 1140. The first kappa shape index (κ1) is 38.9. The third kappa shape index (κ3) is 21.2. The van der Waals surface area contributed by atoms with Gasteiger partial charge in [-0.2, -0.15) is 0 Å². The van der Waals surface area contributed by atoms with Gasteiger partial charge in [-0.1, -0.05) is 24.9 Å². The largest absolute Gasteiger partial charge is 0.499 e. The standard InChI is InChI=1S/C12H19N5O3.C9H15N5O2S.C5H10O/c1-6-19-8(2)10-16-14-9(15-17-10)7-13-11(18)20-12(3,4)5;1-9(2,3)16-8(15)10-5-6-11-13-7(17-4)14-12-6;1-4-6-5(2)3/h2,6-7H2,1,3-5H3,(H,13,18);5H2,1-4H3,(H,10,15);2,4H2,1,3H3. The number of alkyl carbamates (subject to hydrolysis) is 2. The van der Waals surface area contributed by atoms with E-state index in [0.29, 0.717) is 23.3 Å². The molecule has 43 heavy (non-hydrogen) atoms. The molecule has 0 aromatic carbocycles. The predicted molar refractivity (Wildman–Crippen MR) is 160 cm³/mol. The summed E-state index contributed by atoms with van der Waals surface area (Å²) < 4.78 is 20.1. The summed E-state index contributed by atoms with van der Waals surface area (Å²) in [7, 11) is 0. The third-order valence-corrected chi connectivity index (χ3v) is 4.27. The number of amides is 2. The molecule has 2 N–H and O–H groups in total. The molecule has 17 heteroatoms. The summed E-state index contributed by atoms with van der Waals surface area (Å²) in [6, 6.07) is 0. The fourth-order valence-corrected chi connectivity index (χ4v) is 2.49. The molecule has 0 bridgehead atoms. The van der Waals surface area contributed by atoms with Crippen LogP contribution in [0.2, 0.25) is 0 Å². The lowest BCUT2D eigenvalue weighted by atomic mass is 10.2. The molecule has 0 aliphatic rings. The number of nitrogens with one attached hydrogen (secondary N) is 2. The van der Waals surface area contributed by atoms with E-state index in [0.717, 1.165) is 12.4 Å². The minimum Gasteiger partial charge on any atom is -0.499 e. The Labute approximate surface area is 257 Å². The van der Waals surface area contributed by atoms with Crippen molar-refractivity contribution in [1.29, 1.82) is 0 Å². The molecule has 2 aromatic rings. The number of carbonyl (C=O) groups is 2. The Kier molecular flexibility index (Phi) is 18.0. The lowest BCUT2D eigenvalue weighted by molar-refractivity contribution is 0.0510. The molecule has 0 fully saturated rings. The lowest BCUT2D eigenvalue weighted by Crippen LogP contribution is -2.32. The quantitative estimate of drug-likeness (QED) is 0.285. The van der Waals surface area contributed by atoms with Crippen molar-refractivity contribution in [2.45, 2.75) is 91.8 Å². The zero-order valence-electron chi connectivity index (χ0n) is 26.7. The Balaban J connectivity index is 0.000000697. The van der Waals surface area contributed by atoms with Crippen LogP contribution in [-0.4, -0.2) is 83.6 Å². The number of thioether (sulfide) groups is 1. The Morgan fingerprint density at radius 1 is 0.721 bits per heavy atom. The normalized spacial score (nSPS) is 10.5. The predicted octanol–water partition coefficient (Wildman–Crippen LogP) is 3.87. The van der Waals surface area contributed by atoms with Crippen LogP contribution in [-0.2, 0) is 32.0 Å². The summed E-state index contributed by atoms with van der Waals surface area (Å²) >= 11 is 1.35. The van der Waals surface area contributed by atoms with Crippen LogP contribution >= 0.6 is 11.8 Å². The maximum Gasteiger partial charge on any atom is 0.408 e. The van der Waals surface area contributed by atoms with Crippen molar-refractivity contribution in [2.24, 2.45) is 0 Å². The van der Waals surface area contributed by atoms with Gasteiger partial charge < -0.3 is 29.6 Å². The average molecular weight is 625 g/mol. The SMILES string of the molecule is C=C(C)OCC.C=C(OCC)c1nnc(CNC(=O)OC(C)(C)C)nn1.CSc1nnc(CNC(=O)OC(C)(C)C)nn1. The van der Waals surface area contributed by atoms with Crippen LogP contribution in [0.25, 0.3) is 5.76 Å². The van der Waals surface area contributed by atoms with E-state index in [1.165, 1.54) is 11.8 Å². The highest BCUT2D eigenvalue weighted by atomic mass is 32.2. The van der Waals surface area contributed by atoms with Crippen LogP contribution < -0.4 is 10.6 Å². The molecule has 240 valence electrons. The summed E-state index contributed by atoms with van der Waals surface area (Å²) in [5.74, 6) is 1.92. The number of hydrogen-bond acceptors (Lipinski definition) is 15. The first-order valence-electron chi connectivity index (χ1n) is 13.2. The minimum atomic E-state index is -0.555. The number of hydrogen-bond donors (Lipinski definition) is 2. The highest BCUT2D eigenvalue weighted by Crippen LogP contribution is 2.08. The van der Waals surface area contributed by atoms with Gasteiger partial charge in [-0.3, -0.25) is 0 Å². The van der Waals surface area contributed by atoms with Crippen LogP contribution in [0.5, 0.6) is 0 Å². The first-order chi connectivity index (χ1) is 20.0. The van der Waals surface area contributed by atoms with E-state index >= 15 is 0 Å². The fourth-order valence-electron chi connectivity index (χ4n) is 2.24. The average Bonchev–Trinajstić information content (AvgIpc) is 2.90. The molecule has 0 unspecified atom stereocenters. The zero-order chi connectivity index (χ0) is 33.1. The highest BCUT2D eigenvalue weighted by molar-refractivity contribution is 7.98. The number of carbonyl (C=O) groups excluding carboxylic acids is 2. The van der Waals surface area contributed by atoms with Gasteiger partial charge in [-0.25, -0.2) is 9.59 Å². The molecule has 16 nitrogen and oxygen atoms in total. The van der Waals surface area contributed by atoms with Crippen molar-refractivity contribution in [3.05, 3.63) is 36.4 Å². The Morgan fingerprint density at radius 3 is 1.42 bits per heavy atom. The smallest absolute Gasteiger partial charge is 0.408 e. The molecule has 2 aromatic heterocycles. The maximum absolute atomic E-state index is 11.4. The number of ether oxygens (including phenoxy) is 4. The molecule has 0 atom stereocenters. The van der Waals surface area contributed by atoms with E-state index in [1.807, 2.05) is 27.0 Å². The van der Waals surface area contributed by atoms with Gasteiger partial charge in [0.25, 0.3) is 0 Å². The van der Waals surface area contributed by atoms with Gasteiger partial charge in [0.15, 0.2) is 17.4 Å². The number of rotatable bonds is 10.